The molecule has 0 spiro atoms. The first-order valence-electron chi connectivity index (χ1n) is 10.6. The fourth-order valence-electron chi connectivity index (χ4n) is 6.31. The summed E-state index contributed by atoms with van der Waals surface area (Å²) in [7, 11) is 0. The van der Waals surface area contributed by atoms with Crippen LogP contribution in [0.3, 0.4) is 0 Å². The molecule has 0 aliphatic carbocycles. The molecule has 0 fully saturated rings. The van der Waals surface area contributed by atoms with Crippen LogP contribution in [0.4, 0.5) is 0 Å². The third kappa shape index (κ3) is 7.58. The van der Waals surface area contributed by atoms with E-state index in [1.54, 1.807) is 27.7 Å². The minimum atomic E-state index is -0.891. The van der Waals surface area contributed by atoms with Crippen molar-refractivity contribution in [2.75, 3.05) is 0 Å². The molecule has 172 valence electrons. The number of hydrogen-bond acceptors (Lipinski definition) is 3. The average molecular weight is 414 g/mol. The van der Waals surface area contributed by atoms with Gasteiger partial charge in [-0.25, -0.2) is 0 Å². The zero-order valence-corrected chi connectivity index (χ0v) is 21.3. The number of carbonyl (C=O) groups is 2. The minimum Gasteiger partial charge on any atom is -0.481 e. The molecule has 0 rings (SSSR count). The van der Waals surface area contributed by atoms with Gasteiger partial charge in [-0.3, -0.25) is 14.5 Å². The van der Waals surface area contributed by atoms with Crippen LogP contribution in [0.2, 0.25) is 0 Å². The van der Waals surface area contributed by atoms with Gasteiger partial charge in [0.1, 0.15) is 0 Å². The van der Waals surface area contributed by atoms with Gasteiger partial charge < -0.3 is 10.2 Å². The monoisotopic (exact) mass is 413 g/mol. The van der Waals surface area contributed by atoms with Crippen LogP contribution in [0.25, 0.3) is 0 Å². The largest absolute Gasteiger partial charge is 0.481 e. The van der Waals surface area contributed by atoms with Crippen molar-refractivity contribution in [3.63, 3.8) is 0 Å². The Labute approximate surface area is 179 Å². The van der Waals surface area contributed by atoms with Crippen LogP contribution >= 0.6 is 0 Å². The predicted molar refractivity (Wildman–Crippen MR) is 120 cm³/mol. The van der Waals surface area contributed by atoms with Gasteiger partial charge in [0.25, 0.3) is 0 Å². The lowest BCUT2D eigenvalue weighted by Crippen LogP contribution is -2.66. The lowest BCUT2D eigenvalue weighted by Gasteiger charge is -2.60. The Bertz CT molecular complexity index is 567. The third-order valence-corrected chi connectivity index (χ3v) is 5.69. The molecule has 0 aromatic heterocycles. The Morgan fingerprint density at radius 1 is 0.552 bits per heavy atom. The van der Waals surface area contributed by atoms with Crippen LogP contribution in [-0.2, 0) is 9.59 Å². The molecule has 0 bridgehead atoms. The van der Waals surface area contributed by atoms with E-state index in [0.717, 1.165) is 6.42 Å². The van der Waals surface area contributed by atoms with Crippen LogP contribution in [-0.4, -0.2) is 43.7 Å². The van der Waals surface area contributed by atoms with E-state index in [4.69, 9.17) is 0 Å². The zero-order chi connectivity index (χ0) is 23.9. The third-order valence-electron chi connectivity index (χ3n) is 5.69. The van der Waals surface area contributed by atoms with Crippen molar-refractivity contribution in [1.82, 2.24) is 4.90 Å². The van der Waals surface area contributed by atoms with Crippen LogP contribution in [0, 0.1) is 16.2 Å². The van der Waals surface area contributed by atoms with Crippen molar-refractivity contribution >= 4 is 11.9 Å². The molecular weight excluding hydrogens is 366 g/mol. The van der Waals surface area contributed by atoms with Crippen molar-refractivity contribution in [1.29, 1.82) is 0 Å². The van der Waals surface area contributed by atoms with Crippen molar-refractivity contribution < 1.29 is 19.8 Å². The minimum absolute atomic E-state index is 0.0680. The van der Waals surface area contributed by atoms with Gasteiger partial charge in [0, 0.05) is 16.6 Å². The quantitative estimate of drug-likeness (QED) is 0.455. The molecule has 0 atom stereocenters. The summed E-state index contributed by atoms with van der Waals surface area (Å²) < 4.78 is 0. The van der Waals surface area contributed by atoms with Crippen LogP contribution in [0.5, 0.6) is 0 Å². The summed E-state index contributed by atoms with van der Waals surface area (Å²) >= 11 is 0. The van der Waals surface area contributed by atoms with Crippen molar-refractivity contribution in [3.8, 4) is 0 Å². The van der Waals surface area contributed by atoms with Crippen molar-refractivity contribution in [3.05, 3.63) is 0 Å². The highest BCUT2D eigenvalue weighted by Crippen LogP contribution is 2.47. The SMILES string of the molecule is CC(C)(C)CC(C)(C)N(C(C)(C)CC(C)(C)C(=O)O)C(C)(C)CC(C)(C)C(=O)O. The summed E-state index contributed by atoms with van der Waals surface area (Å²) in [5, 5.41) is 19.5. The number of carboxylic acids is 2. The fourth-order valence-corrected chi connectivity index (χ4v) is 6.31. The Balaban J connectivity index is 6.48. The maximum absolute atomic E-state index is 11.9. The lowest BCUT2D eigenvalue weighted by atomic mass is 9.69. The van der Waals surface area contributed by atoms with Crippen molar-refractivity contribution in [2.24, 2.45) is 16.2 Å². The van der Waals surface area contributed by atoms with Crippen LogP contribution in [0.15, 0.2) is 0 Å². The number of carboxylic acid groups (broad SMARTS) is 2. The second kappa shape index (κ2) is 8.20. The number of rotatable bonds is 10. The highest BCUT2D eigenvalue weighted by atomic mass is 16.4. The summed E-state index contributed by atoms with van der Waals surface area (Å²) in [5.41, 5.74) is -2.91. The van der Waals surface area contributed by atoms with Gasteiger partial charge in [-0.1, -0.05) is 20.8 Å². The molecule has 0 aliphatic heterocycles. The molecule has 29 heavy (non-hydrogen) atoms. The maximum Gasteiger partial charge on any atom is 0.309 e. The Kier molecular flexibility index (Phi) is 7.89. The fraction of sp³-hybridized carbons (Fsp3) is 0.917. The highest BCUT2D eigenvalue weighted by Gasteiger charge is 2.51. The smallest absolute Gasteiger partial charge is 0.309 e. The van der Waals surface area contributed by atoms with Gasteiger partial charge >= 0.3 is 11.9 Å². The predicted octanol–water partition coefficient (Wildman–Crippen LogP) is 6.06. The summed E-state index contributed by atoms with van der Waals surface area (Å²) in [5.74, 6) is -1.63. The van der Waals surface area contributed by atoms with E-state index in [0.29, 0.717) is 12.8 Å². The first-order valence-corrected chi connectivity index (χ1v) is 10.6. The molecule has 0 heterocycles. The molecule has 0 unspecified atom stereocenters. The topological polar surface area (TPSA) is 77.8 Å². The van der Waals surface area contributed by atoms with E-state index in [2.05, 4.69) is 67.2 Å². The van der Waals surface area contributed by atoms with Gasteiger partial charge in [-0.15, -0.1) is 0 Å². The normalized spacial score (nSPS) is 15.0. The van der Waals surface area contributed by atoms with Gasteiger partial charge in [0.2, 0.25) is 0 Å². The summed E-state index contributed by atoms with van der Waals surface area (Å²) in [6, 6.07) is 0. The highest BCUT2D eigenvalue weighted by molar-refractivity contribution is 5.74. The molecule has 0 aromatic rings. The second-order valence-corrected chi connectivity index (χ2v) is 13.2. The van der Waals surface area contributed by atoms with Crippen molar-refractivity contribution in [2.45, 2.75) is 126 Å². The Morgan fingerprint density at radius 2 is 0.793 bits per heavy atom. The molecule has 2 N–H and O–H groups in total. The number of aliphatic carboxylic acids is 2. The molecule has 5 heteroatoms. The summed E-state index contributed by atoms with van der Waals surface area (Å²) in [4.78, 5) is 26.1. The molecule has 5 nitrogen and oxygen atoms in total. The first-order chi connectivity index (χ1) is 12.4. The van der Waals surface area contributed by atoms with Gasteiger partial charge in [0.05, 0.1) is 10.8 Å². The van der Waals surface area contributed by atoms with Gasteiger partial charge in [-0.05, 0) is 93.9 Å². The summed E-state index contributed by atoms with van der Waals surface area (Å²) in [6.07, 6.45) is 1.81. The number of nitrogens with zero attached hydrogens (tertiary/aromatic N) is 1. The molecule has 0 aliphatic rings. The standard InChI is InChI=1S/C24H47NO4/c1-19(2,3)14-22(8,9)25(23(10,11)15-20(4,5)17(26)27)24(12,13)16-21(6,7)18(28)29/h14-16H2,1-13H3,(H,26,27)(H,28,29). The zero-order valence-electron chi connectivity index (χ0n) is 21.3. The van der Waals surface area contributed by atoms with Gasteiger partial charge in [0.15, 0.2) is 0 Å². The van der Waals surface area contributed by atoms with E-state index in [1.165, 1.54) is 0 Å². The Hall–Kier alpha value is -1.10. The van der Waals surface area contributed by atoms with E-state index in [-0.39, 0.29) is 11.0 Å². The maximum atomic E-state index is 11.9. The molecule has 0 aromatic carbocycles. The second-order valence-electron chi connectivity index (χ2n) is 13.2. The first kappa shape index (κ1) is 27.9. The van der Waals surface area contributed by atoms with E-state index >= 15 is 0 Å². The van der Waals surface area contributed by atoms with E-state index in [1.807, 2.05) is 0 Å². The van der Waals surface area contributed by atoms with Crippen LogP contribution < -0.4 is 0 Å². The molecule has 0 radical (unpaired) electrons. The molecule has 0 saturated carbocycles. The summed E-state index contributed by atoms with van der Waals surface area (Å²) in [6.45, 7) is 26.4. The average Bonchev–Trinajstić information content (AvgIpc) is 2.29. The van der Waals surface area contributed by atoms with E-state index < -0.39 is 33.8 Å². The number of hydrogen-bond donors (Lipinski definition) is 2. The molecule has 0 saturated heterocycles. The molecular formula is C24H47NO4. The molecule has 0 amide bonds. The van der Waals surface area contributed by atoms with Crippen LogP contribution in [0.1, 0.15) is 109 Å². The van der Waals surface area contributed by atoms with Gasteiger partial charge in [-0.2, -0.15) is 0 Å². The van der Waals surface area contributed by atoms with E-state index in [9.17, 15) is 19.8 Å². The lowest BCUT2D eigenvalue weighted by molar-refractivity contribution is -0.157. The Morgan fingerprint density at radius 3 is 1.00 bits per heavy atom.